The summed E-state index contributed by atoms with van der Waals surface area (Å²) in [6, 6.07) is 16.2. The highest BCUT2D eigenvalue weighted by Gasteiger charge is 2.06. The second kappa shape index (κ2) is 9.97. The first-order valence-corrected chi connectivity index (χ1v) is 8.06. The molecule has 0 saturated carbocycles. The minimum Gasteiger partial charge on any atom is -0.497 e. The van der Waals surface area contributed by atoms with Gasteiger partial charge in [-0.25, -0.2) is 0 Å². The van der Waals surface area contributed by atoms with Crippen molar-refractivity contribution in [1.82, 2.24) is 10.6 Å². The van der Waals surface area contributed by atoms with E-state index in [1.54, 1.807) is 31.4 Å². The smallest absolute Gasteiger partial charge is 0.251 e. The molecule has 0 unspecified atom stereocenters. The quantitative estimate of drug-likeness (QED) is 0.684. The van der Waals surface area contributed by atoms with Gasteiger partial charge >= 0.3 is 0 Å². The summed E-state index contributed by atoms with van der Waals surface area (Å²) in [6.07, 6.45) is 0.265. The molecule has 0 bridgehead atoms. The highest BCUT2D eigenvalue weighted by molar-refractivity contribution is 5.94. The van der Waals surface area contributed by atoms with Crippen LogP contribution in [0.2, 0.25) is 0 Å². The first-order valence-electron chi connectivity index (χ1n) is 8.06. The number of ether oxygens (including phenoxy) is 2. The molecule has 0 heterocycles. The maximum absolute atomic E-state index is 11.9. The topological polar surface area (TPSA) is 76.7 Å². The van der Waals surface area contributed by atoms with Crippen LogP contribution in [-0.4, -0.2) is 38.6 Å². The number of hydrogen-bond acceptors (Lipinski definition) is 4. The number of carbonyl (C=O) groups excluding carboxylic acids is 2. The Hall–Kier alpha value is -3.02. The average Bonchev–Trinajstić information content (AvgIpc) is 2.66. The van der Waals surface area contributed by atoms with Crippen LogP contribution in [0, 0.1) is 0 Å². The van der Waals surface area contributed by atoms with Gasteiger partial charge in [-0.05, 0) is 36.4 Å². The Morgan fingerprint density at radius 3 is 2.24 bits per heavy atom. The Kier molecular flexibility index (Phi) is 7.31. The zero-order valence-electron chi connectivity index (χ0n) is 14.2. The molecular formula is C19H22N2O4. The van der Waals surface area contributed by atoms with Gasteiger partial charge in [-0.15, -0.1) is 0 Å². The van der Waals surface area contributed by atoms with Crippen LogP contribution in [0.5, 0.6) is 11.5 Å². The molecule has 0 aliphatic carbocycles. The normalized spacial score (nSPS) is 9.96. The lowest BCUT2D eigenvalue weighted by Gasteiger charge is -2.08. The fourth-order valence-corrected chi connectivity index (χ4v) is 2.09. The van der Waals surface area contributed by atoms with E-state index in [1.807, 2.05) is 30.3 Å². The van der Waals surface area contributed by atoms with Gasteiger partial charge in [0.25, 0.3) is 5.91 Å². The highest BCUT2D eigenvalue weighted by Crippen LogP contribution is 2.11. The molecular weight excluding hydrogens is 320 g/mol. The van der Waals surface area contributed by atoms with Crippen molar-refractivity contribution in [2.24, 2.45) is 0 Å². The Balaban J connectivity index is 1.58. The molecule has 0 radical (unpaired) electrons. The fraction of sp³-hybridized carbons (Fsp3) is 0.263. The second-order valence-corrected chi connectivity index (χ2v) is 5.25. The number of carbonyl (C=O) groups is 2. The Morgan fingerprint density at radius 2 is 1.56 bits per heavy atom. The third-order valence-corrected chi connectivity index (χ3v) is 3.43. The number of rotatable bonds is 9. The standard InChI is InChI=1S/C19H22N2O4/c1-24-16-9-7-15(8-10-16)19(23)21-13-12-20-18(22)11-14-25-17-5-3-2-4-6-17/h2-10H,11-14H2,1H3,(H,20,22)(H,21,23). The molecule has 0 aliphatic heterocycles. The molecule has 0 aromatic heterocycles. The van der Waals surface area contributed by atoms with E-state index in [9.17, 15) is 9.59 Å². The van der Waals surface area contributed by atoms with Gasteiger partial charge in [0.1, 0.15) is 11.5 Å². The number of methoxy groups -OCH3 is 1. The highest BCUT2D eigenvalue weighted by atomic mass is 16.5. The largest absolute Gasteiger partial charge is 0.497 e. The van der Waals surface area contributed by atoms with Gasteiger partial charge in [0.2, 0.25) is 5.91 Å². The summed E-state index contributed by atoms with van der Waals surface area (Å²) in [7, 11) is 1.57. The summed E-state index contributed by atoms with van der Waals surface area (Å²) in [6.45, 7) is 1.04. The van der Waals surface area contributed by atoms with Gasteiger partial charge in [0.15, 0.2) is 0 Å². The molecule has 2 aromatic carbocycles. The predicted molar refractivity (Wildman–Crippen MR) is 94.9 cm³/mol. The van der Waals surface area contributed by atoms with E-state index in [4.69, 9.17) is 9.47 Å². The number of para-hydroxylation sites is 1. The fourth-order valence-electron chi connectivity index (χ4n) is 2.09. The second-order valence-electron chi connectivity index (χ2n) is 5.25. The lowest BCUT2D eigenvalue weighted by atomic mass is 10.2. The van der Waals surface area contributed by atoms with Crippen LogP contribution in [0.15, 0.2) is 54.6 Å². The Labute approximate surface area is 147 Å². The molecule has 0 atom stereocenters. The minimum atomic E-state index is -0.190. The van der Waals surface area contributed by atoms with Gasteiger partial charge in [-0.3, -0.25) is 9.59 Å². The van der Waals surface area contributed by atoms with Crippen molar-refractivity contribution in [3.8, 4) is 11.5 Å². The SMILES string of the molecule is COc1ccc(C(=O)NCCNC(=O)CCOc2ccccc2)cc1. The van der Waals surface area contributed by atoms with Crippen LogP contribution in [0.1, 0.15) is 16.8 Å². The van der Waals surface area contributed by atoms with E-state index < -0.39 is 0 Å². The van der Waals surface area contributed by atoms with Gasteiger partial charge in [-0.2, -0.15) is 0 Å². The Morgan fingerprint density at radius 1 is 0.880 bits per heavy atom. The predicted octanol–water partition coefficient (Wildman–Crippen LogP) is 2.01. The zero-order valence-corrected chi connectivity index (χ0v) is 14.2. The average molecular weight is 342 g/mol. The van der Waals surface area contributed by atoms with E-state index in [-0.39, 0.29) is 18.2 Å². The molecule has 0 fully saturated rings. The van der Waals surface area contributed by atoms with Crippen molar-refractivity contribution >= 4 is 11.8 Å². The number of amides is 2. The van der Waals surface area contributed by atoms with Crippen LogP contribution in [0.4, 0.5) is 0 Å². The molecule has 6 heteroatoms. The van der Waals surface area contributed by atoms with Gasteiger partial charge in [0, 0.05) is 18.7 Å². The molecule has 25 heavy (non-hydrogen) atoms. The summed E-state index contributed by atoms with van der Waals surface area (Å²) in [5.41, 5.74) is 0.545. The molecule has 0 spiro atoms. The molecule has 0 saturated heterocycles. The van der Waals surface area contributed by atoms with Gasteiger partial charge < -0.3 is 20.1 Å². The van der Waals surface area contributed by atoms with Crippen LogP contribution in [0.3, 0.4) is 0 Å². The van der Waals surface area contributed by atoms with Crippen LogP contribution in [-0.2, 0) is 4.79 Å². The van der Waals surface area contributed by atoms with E-state index >= 15 is 0 Å². The summed E-state index contributed by atoms with van der Waals surface area (Å²) in [5.74, 6) is 1.13. The van der Waals surface area contributed by atoms with E-state index in [0.29, 0.717) is 31.0 Å². The van der Waals surface area contributed by atoms with Crippen molar-refractivity contribution in [2.75, 3.05) is 26.8 Å². The van der Waals surface area contributed by atoms with Crippen molar-refractivity contribution in [3.63, 3.8) is 0 Å². The van der Waals surface area contributed by atoms with Crippen molar-refractivity contribution in [3.05, 3.63) is 60.2 Å². The van der Waals surface area contributed by atoms with Crippen molar-refractivity contribution < 1.29 is 19.1 Å². The third kappa shape index (κ3) is 6.55. The van der Waals surface area contributed by atoms with Crippen LogP contribution in [0.25, 0.3) is 0 Å². The first kappa shape index (κ1) is 18.3. The zero-order chi connectivity index (χ0) is 17.9. The van der Waals surface area contributed by atoms with Crippen molar-refractivity contribution in [1.29, 1.82) is 0 Å². The molecule has 2 amide bonds. The van der Waals surface area contributed by atoms with Crippen LogP contribution < -0.4 is 20.1 Å². The molecule has 0 aliphatic rings. The molecule has 2 rings (SSSR count). The summed E-state index contributed by atoms with van der Waals surface area (Å²) >= 11 is 0. The summed E-state index contributed by atoms with van der Waals surface area (Å²) < 4.78 is 10.5. The lowest BCUT2D eigenvalue weighted by molar-refractivity contribution is -0.121. The van der Waals surface area contributed by atoms with E-state index in [2.05, 4.69) is 10.6 Å². The van der Waals surface area contributed by atoms with E-state index in [0.717, 1.165) is 5.75 Å². The molecule has 132 valence electrons. The lowest BCUT2D eigenvalue weighted by Crippen LogP contribution is -2.35. The molecule has 2 N–H and O–H groups in total. The summed E-state index contributed by atoms with van der Waals surface area (Å²) in [5, 5.41) is 5.49. The first-order chi connectivity index (χ1) is 12.2. The maximum Gasteiger partial charge on any atom is 0.251 e. The van der Waals surface area contributed by atoms with Crippen molar-refractivity contribution in [2.45, 2.75) is 6.42 Å². The monoisotopic (exact) mass is 342 g/mol. The number of benzene rings is 2. The molecule has 6 nitrogen and oxygen atoms in total. The summed E-state index contributed by atoms with van der Waals surface area (Å²) in [4.78, 5) is 23.6. The molecule has 2 aromatic rings. The maximum atomic E-state index is 11.9. The van der Waals surface area contributed by atoms with Gasteiger partial charge in [0.05, 0.1) is 20.1 Å². The number of nitrogens with one attached hydrogen (secondary N) is 2. The van der Waals surface area contributed by atoms with E-state index in [1.165, 1.54) is 0 Å². The van der Waals surface area contributed by atoms with Crippen LogP contribution >= 0.6 is 0 Å². The minimum absolute atomic E-state index is 0.116. The van der Waals surface area contributed by atoms with Gasteiger partial charge in [-0.1, -0.05) is 18.2 Å². The Bertz CT molecular complexity index is 672. The third-order valence-electron chi connectivity index (χ3n) is 3.43. The number of hydrogen-bond donors (Lipinski definition) is 2.